The molecule has 440 valence electrons. The van der Waals surface area contributed by atoms with Crippen LogP contribution in [-0.4, -0.2) is 108 Å². The zero-order valence-corrected chi connectivity index (χ0v) is 52.0. The summed E-state index contributed by atoms with van der Waals surface area (Å²) >= 11 is 0. The first-order valence-electron chi connectivity index (χ1n) is 31.8. The molecule has 12 nitrogen and oxygen atoms in total. The number of hydrogen-bond donors (Lipinski definition) is 5. The number of carbonyl (C=O) groups is 5. The molecule has 5 N–H and O–H groups in total. The maximum atomic E-state index is 13.3. The molecule has 0 heterocycles. The maximum Gasteiger partial charge on any atom is 2.00 e. The van der Waals surface area contributed by atoms with Gasteiger partial charge in [-0.2, -0.15) is 0 Å². The summed E-state index contributed by atoms with van der Waals surface area (Å²) in [6.45, 7) is 11.0. The summed E-state index contributed by atoms with van der Waals surface area (Å²) in [5, 5.41) is 49.7. The minimum atomic E-state index is -0.928. The van der Waals surface area contributed by atoms with Crippen LogP contribution in [0.15, 0.2) is 0 Å². The Morgan fingerprint density at radius 1 is 0.408 bits per heavy atom. The monoisotopic (exact) mass is 1100 g/mol. The number of aliphatic hydroxyl groups excluding tert-OH is 2. The number of aliphatic carboxylic acids is 2. The largest absolute Gasteiger partial charge is 2.00 e. The fourth-order valence-electron chi connectivity index (χ4n) is 11.5. The van der Waals surface area contributed by atoms with Gasteiger partial charge in [0.2, 0.25) is 17.7 Å². The molecule has 8 unspecified atom stereocenters. The molecular weight excluding hydrogens is 983 g/mol. The second-order valence-corrected chi connectivity index (χ2v) is 23.8. The van der Waals surface area contributed by atoms with E-state index in [0.717, 1.165) is 135 Å². The first-order chi connectivity index (χ1) is 36.2. The first-order valence-corrected chi connectivity index (χ1v) is 31.8. The predicted molar refractivity (Wildman–Crippen MR) is 309 cm³/mol. The van der Waals surface area contributed by atoms with Crippen LogP contribution in [0.2, 0.25) is 0 Å². The van der Waals surface area contributed by atoms with Crippen molar-refractivity contribution in [3.63, 3.8) is 0 Å². The van der Waals surface area contributed by atoms with Crippen molar-refractivity contribution in [2.45, 2.75) is 347 Å². The van der Waals surface area contributed by atoms with Gasteiger partial charge in [-0.1, -0.05) is 214 Å². The maximum absolute atomic E-state index is 13.3. The Morgan fingerprint density at radius 2 is 0.671 bits per heavy atom. The summed E-state index contributed by atoms with van der Waals surface area (Å²) in [6, 6.07) is 0.520. The van der Waals surface area contributed by atoms with E-state index in [-0.39, 0.29) is 111 Å². The smallest absolute Gasteiger partial charge is 0.550 e. The number of aliphatic hydroxyl groups is 2. The Bertz CT molecular complexity index is 1350. The number of rotatable bonds is 40. The molecule has 3 saturated carbocycles. The molecule has 3 amide bonds. The van der Waals surface area contributed by atoms with Crippen LogP contribution in [-0.2, 0) is 24.0 Å². The molecular formula is C63H117CaN3O9. The van der Waals surface area contributed by atoms with Crippen LogP contribution >= 0.6 is 0 Å². The van der Waals surface area contributed by atoms with E-state index in [1.165, 1.54) is 122 Å². The van der Waals surface area contributed by atoms with Crippen molar-refractivity contribution in [3.05, 3.63) is 0 Å². The summed E-state index contributed by atoms with van der Waals surface area (Å²) < 4.78 is 0. The van der Waals surface area contributed by atoms with Crippen LogP contribution in [0, 0.1) is 23.7 Å². The Labute approximate surface area is 495 Å². The molecule has 0 aromatic rings. The predicted octanol–water partition coefficient (Wildman–Crippen LogP) is 12.0. The van der Waals surface area contributed by atoms with Gasteiger partial charge in [-0.3, -0.25) is 14.4 Å². The van der Waals surface area contributed by atoms with Crippen molar-refractivity contribution < 1.29 is 44.4 Å². The zero-order valence-electron chi connectivity index (χ0n) is 49.8. The summed E-state index contributed by atoms with van der Waals surface area (Å²) in [4.78, 5) is 59.6. The van der Waals surface area contributed by atoms with Gasteiger partial charge >= 0.3 is 37.7 Å². The quantitative estimate of drug-likeness (QED) is 0.0292. The average molecular weight is 1100 g/mol. The molecule has 0 radical (unpaired) electrons. The number of unbranched alkanes of at least 4 members (excludes halogenated alkanes) is 20. The molecule has 0 bridgehead atoms. The molecule has 0 aromatic heterocycles. The number of hydrogen-bond acceptors (Lipinski definition) is 9. The number of carboxylic acids is 2. The van der Waals surface area contributed by atoms with E-state index in [9.17, 15) is 44.4 Å². The van der Waals surface area contributed by atoms with Gasteiger partial charge in [0.1, 0.15) is 0 Å². The van der Waals surface area contributed by atoms with Gasteiger partial charge in [-0.05, 0) is 108 Å². The Hall–Kier alpha value is -1.47. The van der Waals surface area contributed by atoms with Crippen molar-refractivity contribution in [1.82, 2.24) is 16.0 Å². The number of amides is 3. The van der Waals surface area contributed by atoms with Crippen LogP contribution in [0.5, 0.6) is 0 Å². The van der Waals surface area contributed by atoms with Crippen LogP contribution in [0.1, 0.15) is 317 Å². The minimum Gasteiger partial charge on any atom is -0.550 e. The van der Waals surface area contributed by atoms with Crippen molar-refractivity contribution >= 4 is 67.4 Å². The van der Waals surface area contributed by atoms with E-state index < -0.39 is 17.9 Å². The van der Waals surface area contributed by atoms with Gasteiger partial charge in [0.05, 0.1) is 18.1 Å². The summed E-state index contributed by atoms with van der Waals surface area (Å²) in [6.07, 6.45) is 45.5. The Balaban J connectivity index is 0.00000116. The van der Waals surface area contributed by atoms with Crippen LogP contribution in [0.4, 0.5) is 0 Å². The third kappa shape index (κ3) is 42.4. The molecule has 3 rings (SSSR count). The van der Waals surface area contributed by atoms with Gasteiger partial charge in [0.25, 0.3) is 0 Å². The summed E-state index contributed by atoms with van der Waals surface area (Å²) in [5.41, 5.74) is 0. The molecule has 0 saturated heterocycles. The average Bonchev–Trinajstić information content (AvgIpc) is 3.37. The Kier molecular flexibility index (Phi) is 49.5. The standard InChI is InChI=1S/C27H47N3O3.2C18H36O3.Ca/c1-18-10-4-7-13-22(18)28-25(31)16-21(27(33)30-24-15-9-6-12-20(24)3)17-26(32)29-23-14-8-5-11-19(23)2;2*1-2-3-4-11-14-17(19)15-12-9-7-5-6-8-10-13-16-18(20)21;/h18-24H,4-17H2,1-3H3,(H,28,31)(H,29,32)(H,30,33);2*17,19H,2-16H2,1H3,(H,20,21);/q;;;+2/p-2. The van der Waals surface area contributed by atoms with Crippen molar-refractivity contribution in [1.29, 1.82) is 0 Å². The normalized spacial score (nSPS) is 21.5. The van der Waals surface area contributed by atoms with E-state index in [1.807, 2.05) is 0 Å². The second kappa shape index (κ2) is 50.5. The fraction of sp³-hybridized carbons (Fsp3) is 0.921. The minimum absolute atomic E-state index is 0. The van der Waals surface area contributed by atoms with E-state index in [1.54, 1.807) is 0 Å². The SMILES string of the molecule is CC1CCCCC1NC(=O)CC(CC(=O)NC1CCCCC1C)C(=O)NC1CCCCC1C.CCCCCCC(O)CCCCCCCCCCC(=O)[O-].CCCCCCC(O)CCCCCCCCCCC(=O)[O-].[Ca+2]. The molecule has 3 fully saturated rings. The molecule has 8 atom stereocenters. The molecule has 3 aliphatic rings. The van der Waals surface area contributed by atoms with Crippen LogP contribution in [0.25, 0.3) is 0 Å². The van der Waals surface area contributed by atoms with Gasteiger partial charge in [-0.15, -0.1) is 0 Å². The van der Waals surface area contributed by atoms with E-state index in [0.29, 0.717) is 17.8 Å². The molecule has 0 spiro atoms. The van der Waals surface area contributed by atoms with Crippen LogP contribution < -0.4 is 26.2 Å². The van der Waals surface area contributed by atoms with Gasteiger partial charge in [0.15, 0.2) is 0 Å². The van der Waals surface area contributed by atoms with Crippen molar-refractivity contribution in [2.75, 3.05) is 0 Å². The number of carbonyl (C=O) groups excluding carboxylic acids is 5. The third-order valence-electron chi connectivity index (χ3n) is 16.7. The molecule has 3 aliphatic carbocycles. The molecule has 76 heavy (non-hydrogen) atoms. The zero-order chi connectivity index (χ0) is 55.3. The van der Waals surface area contributed by atoms with E-state index >= 15 is 0 Å². The first kappa shape index (κ1) is 74.5. The molecule has 0 aliphatic heterocycles. The second-order valence-electron chi connectivity index (χ2n) is 23.8. The topological polar surface area (TPSA) is 208 Å². The fourth-order valence-corrected chi connectivity index (χ4v) is 11.5. The van der Waals surface area contributed by atoms with Crippen LogP contribution in [0.3, 0.4) is 0 Å². The number of nitrogens with one attached hydrogen (secondary N) is 3. The molecule has 13 heteroatoms. The summed E-state index contributed by atoms with van der Waals surface area (Å²) in [5.74, 6) is -1.41. The number of carboxylic acid groups (broad SMARTS) is 2. The summed E-state index contributed by atoms with van der Waals surface area (Å²) in [7, 11) is 0. The third-order valence-corrected chi connectivity index (χ3v) is 16.7. The van der Waals surface area contributed by atoms with Gasteiger partial charge < -0.3 is 46.0 Å². The van der Waals surface area contributed by atoms with E-state index in [4.69, 9.17) is 0 Å². The van der Waals surface area contributed by atoms with E-state index in [2.05, 4.69) is 50.6 Å². The Morgan fingerprint density at radius 3 is 0.961 bits per heavy atom. The van der Waals surface area contributed by atoms with Crippen molar-refractivity contribution in [3.8, 4) is 0 Å². The van der Waals surface area contributed by atoms with Crippen molar-refractivity contribution in [2.24, 2.45) is 23.7 Å². The van der Waals surface area contributed by atoms with Gasteiger partial charge in [-0.25, -0.2) is 0 Å². The molecule has 0 aromatic carbocycles. The van der Waals surface area contributed by atoms with Gasteiger partial charge in [0, 0.05) is 42.9 Å².